The fraction of sp³-hybridized carbons (Fsp3) is 0.174. The molecule has 0 aliphatic rings. The standard InChI is InChI=1S/C23H20O7/c1-14(24)9-10-16-11-17-12-18(22(25)28-3)30-23(26)19(17)21(27-2)20(16)29-13-15-7-5-4-6-8-15/h4-12H,13H2,1-3H3/b10-9+. The number of carbonyl (C=O) groups is 2. The van der Waals surface area contributed by atoms with Crippen molar-refractivity contribution in [1.82, 2.24) is 0 Å². The van der Waals surface area contributed by atoms with E-state index in [1.807, 2.05) is 30.3 Å². The lowest BCUT2D eigenvalue weighted by Gasteiger charge is -2.16. The van der Waals surface area contributed by atoms with Crippen LogP contribution in [-0.2, 0) is 16.1 Å². The lowest BCUT2D eigenvalue weighted by Crippen LogP contribution is -2.10. The molecule has 0 saturated heterocycles. The summed E-state index contributed by atoms with van der Waals surface area (Å²) in [6, 6.07) is 12.5. The van der Waals surface area contributed by atoms with Gasteiger partial charge in [0.15, 0.2) is 17.3 Å². The molecule has 0 fully saturated rings. The highest BCUT2D eigenvalue weighted by Crippen LogP contribution is 2.39. The fourth-order valence-electron chi connectivity index (χ4n) is 2.93. The van der Waals surface area contributed by atoms with Crippen molar-refractivity contribution in [2.45, 2.75) is 13.5 Å². The zero-order valence-electron chi connectivity index (χ0n) is 16.8. The minimum atomic E-state index is -0.779. The van der Waals surface area contributed by atoms with E-state index >= 15 is 0 Å². The molecule has 0 aliphatic carbocycles. The minimum Gasteiger partial charge on any atom is -0.492 e. The molecule has 1 heterocycles. The lowest BCUT2D eigenvalue weighted by atomic mass is 10.0. The third-order valence-corrected chi connectivity index (χ3v) is 4.30. The molecule has 0 aliphatic heterocycles. The normalized spacial score (nSPS) is 10.9. The summed E-state index contributed by atoms with van der Waals surface area (Å²) >= 11 is 0. The van der Waals surface area contributed by atoms with Crippen molar-refractivity contribution >= 4 is 28.6 Å². The van der Waals surface area contributed by atoms with Crippen LogP contribution < -0.4 is 15.1 Å². The van der Waals surface area contributed by atoms with Gasteiger partial charge in [-0.15, -0.1) is 0 Å². The van der Waals surface area contributed by atoms with E-state index < -0.39 is 11.6 Å². The van der Waals surface area contributed by atoms with Crippen LogP contribution in [0.5, 0.6) is 11.5 Å². The lowest BCUT2D eigenvalue weighted by molar-refractivity contribution is -0.112. The van der Waals surface area contributed by atoms with Crippen LogP contribution in [0.15, 0.2) is 57.8 Å². The highest BCUT2D eigenvalue weighted by atomic mass is 16.5. The number of hydrogen-bond donors (Lipinski definition) is 0. The van der Waals surface area contributed by atoms with Crippen molar-refractivity contribution in [3.8, 4) is 11.5 Å². The number of rotatable bonds is 7. The summed E-state index contributed by atoms with van der Waals surface area (Å²) in [4.78, 5) is 35.9. The quantitative estimate of drug-likeness (QED) is 0.434. The summed E-state index contributed by atoms with van der Waals surface area (Å²) in [5, 5.41) is 0.506. The average molecular weight is 408 g/mol. The van der Waals surface area contributed by atoms with Crippen molar-refractivity contribution < 1.29 is 28.2 Å². The number of methoxy groups -OCH3 is 2. The van der Waals surface area contributed by atoms with Gasteiger partial charge >= 0.3 is 11.6 Å². The molecule has 0 saturated carbocycles. The van der Waals surface area contributed by atoms with Crippen LogP contribution in [0.2, 0.25) is 0 Å². The predicted octanol–water partition coefficient (Wildman–Crippen LogP) is 3.77. The summed E-state index contributed by atoms with van der Waals surface area (Å²) in [7, 11) is 2.59. The van der Waals surface area contributed by atoms with Crippen molar-refractivity contribution in [2.24, 2.45) is 0 Å². The van der Waals surface area contributed by atoms with E-state index in [-0.39, 0.29) is 35.0 Å². The third kappa shape index (κ3) is 4.41. The summed E-state index contributed by atoms with van der Waals surface area (Å²) in [5.74, 6) is -0.748. The van der Waals surface area contributed by atoms with Crippen molar-refractivity contribution in [2.75, 3.05) is 14.2 Å². The van der Waals surface area contributed by atoms with Crippen molar-refractivity contribution in [1.29, 1.82) is 0 Å². The number of hydrogen-bond acceptors (Lipinski definition) is 7. The molecule has 0 atom stereocenters. The first-order chi connectivity index (χ1) is 14.4. The van der Waals surface area contributed by atoms with Gasteiger partial charge in [-0.3, -0.25) is 4.79 Å². The van der Waals surface area contributed by atoms with E-state index in [0.717, 1.165) is 5.56 Å². The topological polar surface area (TPSA) is 92.0 Å². The fourth-order valence-corrected chi connectivity index (χ4v) is 2.93. The molecule has 3 aromatic rings. The zero-order valence-corrected chi connectivity index (χ0v) is 16.8. The zero-order chi connectivity index (χ0) is 21.7. The van der Waals surface area contributed by atoms with Gasteiger partial charge in [0.2, 0.25) is 5.76 Å². The van der Waals surface area contributed by atoms with Crippen LogP contribution in [-0.4, -0.2) is 26.0 Å². The Labute approximate surface area is 172 Å². The SMILES string of the molecule is COC(=O)c1cc2cc(/C=C/C(C)=O)c(OCc3ccccc3)c(OC)c2c(=O)o1. The Balaban J connectivity index is 2.21. The Bertz CT molecular complexity index is 1170. The summed E-state index contributed by atoms with van der Waals surface area (Å²) in [6.45, 7) is 1.64. The molecule has 0 unspecified atom stereocenters. The first-order valence-electron chi connectivity index (χ1n) is 9.07. The van der Waals surface area contributed by atoms with E-state index in [0.29, 0.717) is 10.9 Å². The van der Waals surface area contributed by atoms with Crippen molar-refractivity contribution in [3.05, 3.63) is 75.8 Å². The Morgan fingerprint density at radius 1 is 1.07 bits per heavy atom. The molecule has 0 N–H and O–H groups in total. The van der Waals surface area contributed by atoms with Crippen molar-refractivity contribution in [3.63, 3.8) is 0 Å². The van der Waals surface area contributed by atoms with Gasteiger partial charge in [0.1, 0.15) is 12.0 Å². The second-order valence-corrected chi connectivity index (χ2v) is 6.40. The first kappa shape index (κ1) is 20.9. The largest absolute Gasteiger partial charge is 0.492 e. The number of allylic oxidation sites excluding steroid dienone is 1. The molecule has 154 valence electrons. The van der Waals surface area contributed by atoms with Gasteiger partial charge in [0, 0.05) is 5.56 Å². The van der Waals surface area contributed by atoms with Crippen LogP contribution in [0.1, 0.15) is 28.6 Å². The molecular formula is C23H20O7. The molecule has 0 spiro atoms. The van der Waals surface area contributed by atoms with Crippen LogP contribution in [0.25, 0.3) is 16.8 Å². The van der Waals surface area contributed by atoms with E-state index in [1.165, 1.54) is 33.3 Å². The molecular weight excluding hydrogens is 388 g/mol. The van der Waals surface area contributed by atoms with Gasteiger partial charge < -0.3 is 18.6 Å². The number of carbonyl (C=O) groups excluding carboxylic acids is 2. The molecule has 7 nitrogen and oxygen atoms in total. The third-order valence-electron chi connectivity index (χ3n) is 4.30. The Hall–Kier alpha value is -3.87. The van der Waals surface area contributed by atoms with Gasteiger partial charge in [-0.1, -0.05) is 30.3 Å². The Morgan fingerprint density at radius 3 is 2.43 bits per heavy atom. The van der Waals surface area contributed by atoms with E-state index in [2.05, 4.69) is 4.74 Å². The Morgan fingerprint density at radius 2 is 1.80 bits per heavy atom. The smallest absolute Gasteiger partial charge is 0.374 e. The maximum absolute atomic E-state index is 12.6. The molecule has 0 radical (unpaired) electrons. The van der Waals surface area contributed by atoms with Crippen LogP contribution in [0.4, 0.5) is 0 Å². The number of ketones is 1. The predicted molar refractivity (Wildman–Crippen MR) is 111 cm³/mol. The summed E-state index contributed by atoms with van der Waals surface area (Å²) in [6.07, 6.45) is 2.94. The van der Waals surface area contributed by atoms with Gasteiger partial charge in [-0.2, -0.15) is 0 Å². The van der Waals surface area contributed by atoms with Gasteiger partial charge in [-0.25, -0.2) is 9.59 Å². The molecule has 2 aromatic carbocycles. The highest BCUT2D eigenvalue weighted by Gasteiger charge is 2.21. The molecule has 1 aromatic heterocycles. The van der Waals surface area contributed by atoms with Crippen LogP contribution >= 0.6 is 0 Å². The summed E-state index contributed by atoms with van der Waals surface area (Å²) in [5.41, 5.74) is 0.650. The maximum Gasteiger partial charge on any atom is 0.374 e. The molecule has 30 heavy (non-hydrogen) atoms. The van der Waals surface area contributed by atoms with Gasteiger partial charge in [0.25, 0.3) is 0 Å². The van der Waals surface area contributed by atoms with Crippen LogP contribution in [0, 0.1) is 0 Å². The van der Waals surface area contributed by atoms with E-state index in [4.69, 9.17) is 13.9 Å². The van der Waals surface area contributed by atoms with E-state index in [1.54, 1.807) is 12.1 Å². The molecule has 0 amide bonds. The van der Waals surface area contributed by atoms with Crippen LogP contribution in [0.3, 0.4) is 0 Å². The second-order valence-electron chi connectivity index (χ2n) is 6.40. The van der Waals surface area contributed by atoms with Gasteiger partial charge in [0.05, 0.1) is 14.2 Å². The van der Waals surface area contributed by atoms with E-state index in [9.17, 15) is 14.4 Å². The summed E-state index contributed by atoms with van der Waals surface area (Å²) < 4.78 is 21.2. The first-order valence-corrected chi connectivity index (χ1v) is 9.07. The number of ether oxygens (including phenoxy) is 3. The maximum atomic E-state index is 12.6. The highest BCUT2D eigenvalue weighted by molar-refractivity contribution is 5.98. The number of fused-ring (bicyclic) bond motifs is 1. The van der Waals surface area contributed by atoms with Gasteiger partial charge in [-0.05, 0) is 42.2 Å². The average Bonchev–Trinajstić information content (AvgIpc) is 2.75. The molecule has 0 bridgehead atoms. The molecule has 3 rings (SSSR count). The monoisotopic (exact) mass is 408 g/mol. The minimum absolute atomic E-state index is 0.119. The Kier molecular flexibility index (Phi) is 6.32. The number of esters is 1. The second kappa shape index (κ2) is 9.09. The molecule has 7 heteroatoms. The number of benzene rings is 2.